The van der Waals surface area contributed by atoms with Gasteiger partial charge in [0.15, 0.2) is 0 Å². The third kappa shape index (κ3) is 6.31. The molecular weight excluding hydrogens is 382 g/mol. The van der Waals surface area contributed by atoms with Crippen LogP contribution in [0.25, 0.3) is 0 Å². The minimum Gasteiger partial charge on any atom is -0.391 e. The summed E-state index contributed by atoms with van der Waals surface area (Å²) in [6, 6.07) is 11.3. The smallest absolute Gasteiger partial charge is 0.391 e. The number of nitrogens with zero attached hydrogens (tertiary/aromatic N) is 1. The summed E-state index contributed by atoms with van der Waals surface area (Å²) < 4.78 is 51.5. The van der Waals surface area contributed by atoms with Gasteiger partial charge in [0.05, 0.1) is 11.7 Å². The Labute approximate surface area is 168 Å². The Morgan fingerprint density at radius 1 is 1.10 bits per heavy atom. The maximum atomic E-state index is 12.9. The molecule has 29 heavy (non-hydrogen) atoms. The maximum Gasteiger partial charge on any atom is 0.416 e. The first-order valence-corrected chi connectivity index (χ1v) is 9.62. The van der Waals surface area contributed by atoms with Crippen molar-refractivity contribution in [1.82, 2.24) is 4.90 Å². The van der Waals surface area contributed by atoms with Gasteiger partial charge in [-0.1, -0.05) is 30.0 Å². The Hall–Kier alpha value is -2.36. The quantitative estimate of drug-likeness (QED) is 0.598. The van der Waals surface area contributed by atoms with E-state index >= 15 is 0 Å². The highest BCUT2D eigenvalue weighted by atomic mass is 19.4. The van der Waals surface area contributed by atoms with Crippen LogP contribution in [0.5, 0.6) is 0 Å². The van der Waals surface area contributed by atoms with Gasteiger partial charge < -0.3 is 5.11 Å². The largest absolute Gasteiger partial charge is 0.416 e. The summed E-state index contributed by atoms with van der Waals surface area (Å²) in [5, 5.41) is 10.5. The first-order chi connectivity index (χ1) is 13.8. The zero-order valence-electron chi connectivity index (χ0n) is 15.9. The Kier molecular flexibility index (Phi) is 6.94. The summed E-state index contributed by atoms with van der Waals surface area (Å²) >= 11 is 0. The van der Waals surface area contributed by atoms with Crippen LogP contribution in [0.1, 0.15) is 29.5 Å². The number of aliphatic hydroxyl groups excluding tert-OH is 1. The molecular formula is C23H23F4NO. The second-order valence-corrected chi connectivity index (χ2v) is 7.38. The van der Waals surface area contributed by atoms with Crippen molar-refractivity contribution in [1.29, 1.82) is 0 Å². The summed E-state index contributed by atoms with van der Waals surface area (Å²) in [5.74, 6) is 5.69. The molecule has 1 fully saturated rings. The molecule has 2 atom stereocenters. The van der Waals surface area contributed by atoms with E-state index in [0.717, 1.165) is 24.6 Å². The van der Waals surface area contributed by atoms with Crippen LogP contribution >= 0.6 is 0 Å². The minimum atomic E-state index is -4.35. The molecule has 0 radical (unpaired) electrons. The Bertz CT molecular complexity index is 867. The maximum absolute atomic E-state index is 12.9. The van der Waals surface area contributed by atoms with E-state index in [0.29, 0.717) is 31.5 Å². The molecule has 0 aromatic heterocycles. The summed E-state index contributed by atoms with van der Waals surface area (Å²) in [6.45, 7) is 1.97. The van der Waals surface area contributed by atoms with Gasteiger partial charge in [0, 0.05) is 25.1 Å². The lowest BCUT2D eigenvalue weighted by molar-refractivity contribution is -0.137. The van der Waals surface area contributed by atoms with Crippen molar-refractivity contribution in [3.63, 3.8) is 0 Å². The van der Waals surface area contributed by atoms with Gasteiger partial charge in [0.25, 0.3) is 0 Å². The van der Waals surface area contributed by atoms with Gasteiger partial charge in [0.1, 0.15) is 5.82 Å². The van der Waals surface area contributed by atoms with E-state index < -0.39 is 17.8 Å². The first kappa shape index (κ1) is 21.4. The number of halogens is 4. The molecule has 1 N–H and O–H groups in total. The predicted molar refractivity (Wildman–Crippen MR) is 104 cm³/mol. The van der Waals surface area contributed by atoms with Crippen molar-refractivity contribution in [3.05, 3.63) is 71.0 Å². The minimum absolute atomic E-state index is 0.0555. The van der Waals surface area contributed by atoms with Crippen molar-refractivity contribution in [3.8, 4) is 11.8 Å². The van der Waals surface area contributed by atoms with E-state index in [2.05, 4.69) is 16.7 Å². The molecule has 3 rings (SSSR count). The van der Waals surface area contributed by atoms with E-state index in [-0.39, 0.29) is 11.7 Å². The molecule has 1 aliphatic heterocycles. The average Bonchev–Trinajstić information content (AvgIpc) is 2.68. The van der Waals surface area contributed by atoms with E-state index in [4.69, 9.17) is 0 Å². The number of rotatable bonds is 4. The second-order valence-electron chi connectivity index (χ2n) is 7.38. The number of hydrogen-bond donors (Lipinski definition) is 1. The molecule has 154 valence electrons. The Balaban J connectivity index is 1.48. The van der Waals surface area contributed by atoms with Crippen LogP contribution in [0.15, 0.2) is 48.5 Å². The van der Waals surface area contributed by atoms with Crippen LogP contribution in [0.3, 0.4) is 0 Å². The molecule has 2 unspecified atom stereocenters. The molecule has 2 aromatic rings. The fourth-order valence-electron chi connectivity index (χ4n) is 3.58. The second kappa shape index (κ2) is 9.43. The third-order valence-corrected chi connectivity index (χ3v) is 5.19. The molecule has 2 aromatic carbocycles. The Morgan fingerprint density at radius 3 is 2.55 bits per heavy atom. The Morgan fingerprint density at radius 2 is 1.86 bits per heavy atom. The number of piperidine rings is 1. The van der Waals surface area contributed by atoms with Gasteiger partial charge in [-0.3, -0.25) is 4.90 Å². The molecule has 0 aliphatic carbocycles. The normalized spacial score (nSPS) is 20.2. The zero-order chi connectivity index (χ0) is 20.9. The average molecular weight is 405 g/mol. The summed E-state index contributed by atoms with van der Waals surface area (Å²) in [5.41, 5.74) is 0.704. The number of hydrogen-bond acceptors (Lipinski definition) is 2. The first-order valence-electron chi connectivity index (χ1n) is 9.62. The number of aliphatic hydroxyl groups is 1. The van der Waals surface area contributed by atoms with Crippen LogP contribution in [0.4, 0.5) is 17.6 Å². The lowest BCUT2D eigenvalue weighted by atomic mass is 9.87. The van der Waals surface area contributed by atoms with Crippen LogP contribution in [0, 0.1) is 23.6 Å². The van der Waals surface area contributed by atoms with Crippen LogP contribution in [-0.2, 0) is 12.6 Å². The number of alkyl halides is 3. The number of likely N-dealkylation sites (tertiary alicyclic amines) is 1. The molecule has 0 spiro atoms. The standard InChI is InChI=1S/C23H23F4NO/c24-21-9-7-17(8-10-21)4-1-2-12-28-13-11-19(22(29)16-28)14-18-5-3-6-20(15-18)23(25,26)27/h3,5-10,15,19,22,29H,2,11-14,16H2. The van der Waals surface area contributed by atoms with Crippen LogP contribution < -0.4 is 0 Å². The van der Waals surface area contributed by atoms with Crippen LogP contribution in [0.2, 0.25) is 0 Å². The fourth-order valence-corrected chi connectivity index (χ4v) is 3.58. The summed E-state index contributed by atoms with van der Waals surface area (Å²) in [7, 11) is 0. The van der Waals surface area contributed by atoms with Crippen molar-refractivity contribution in [2.24, 2.45) is 5.92 Å². The van der Waals surface area contributed by atoms with E-state index in [1.165, 1.54) is 24.3 Å². The molecule has 0 bridgehead atoms. The van der Waals surface area contributed by atoms with Crippen LogP contribution in [-0.4, -0.2) is 35.7 Å². The van der Waals surface area contributed by atoms with Crippen molar-refractivity contribution >= 4 is 0 Å². The molecule has 1 heterocycles. The van der Waals surface area contributed by atoms with Crippen molar-refractivity contribution in [2.45, 2.75) is 31.5 Å². The zero-order valence-corrected chi connectivity index (χ0v) is 15.9. The lowest BCUT2D eigenvalue weighted by Crippen LogP contribution is -2.44. The summed E-state index contributed by atoms with van der Waals surface area (Å²) in [4.78, 5) is 2.12. The van der Waals surface area contributed by atoms with Crippen molar-refractivity contribution < 1.29 is 22.7 Å². The molecule has 0 amide bonds. The van der Waals surface area contributed by atoms with Gasteiger partial charge in [-0.25, -0.2) is 4.39 Å². The molecule has 2 nitrogen and oxygen atoms in total. The monoisotopic (exact) mass is 405 g/mol. The SMILES string of the molecule is OC1CN(CCC#Cc2ccc(F)cc2)CCC1Cc1cccc(C(F)(F)F)c1. The van der Waals surface area contributed by atoms with Gasteiger partial charge in [0.2, 0.25) is 0 Å². The molecule has 0 saturated carbocycles. The van der Waals surface area contributed by atoms with E-state index in [1.807, 2.05) is 0 Å². The van der Waals surface area contributed by atoms with Crippen molar-refractivity contribution in [2.75, 3.05) is 19.6 Å². The number of benzene rings is 2. The van der Waals surface area contributed by atoms with E-state index in [1.54, 1.807) is 18.2 Å². The highest BCUT2D eigenvalue weighted by molar-refractivity contribution is 5.34. The highest BCUT2D eigenvalue weighted by Crippen LogP contribution is 2.31. The predicted octanol–water partition coefficient (Wildman–Crippen LogP) is 4.51. The molecule has 1 saturated heterocycles. The molecule has 6 heteroatoms. The third-order valence-electron chi connectivity index (χ3n) is 5.19. The van der Waals surface area contributed by atoms with Gasteiger partial charge in [-0.2, -0.15) is 13.2 Å². The number of β-amino-alcohol motifs (C(OH)–C–C–N with tert-alkyl or cyclic N) is 1. The topological polar surface area (TPSA) is 23.5 Å². The van der Waals surface area contributed by atoms with Gasteiger partial charge in [-0.15, -0.1) is 0 Å². The van der Waals surface area contributed by atoms with Gasteiger partial charge in [-0.05, 0) is 61.2 Å². The highest BCUT2D eigenvalue weighted by Gasteiger charge is 2.31. The van der Waals surface area contributed by atoms with E-state index in [9.17, 15) is 22.7 Å². The summed E-state index contributed by atoms with van der Waals surface area (Å²) in [6.07, 6.45) is -3.15. The fraction of sp³-hybridized carbons (Fsp3) is 0.391. The lowest BCUT2D eigenvalue weighted by Gasteiger charge is -2.35. The van der Waals surface area contributed by atoms with Gasteiger partial charge >= 0.3 is 6.18 Å². The molecule has 1 aliphatic rings.